The molecule has 2 aromatic rings. The predicted molar refractivity (Wildman–Crippen MR) is 124 cm³/mol. The number of aliphatic hydroxyl groups is 1. The van der Waals surface area contributed by atoms with Gasteiger partial charge in [-0.1, -0.05) is 78.4 Å². The van der Waals surface area contributed by atoms with E-state index in [2.05, 4.69) is 37.8 Å². The molecule has 3 heteroatoms. The van der Waals surface area contributed by atoms with Crippen molar-refractivity contribution < 1.29 is 14.6 Å². The Morgan fingerprint density at radius 3 is 1.97 bits per heavy atom. The van der Waals surface area contributed by atoms with Gasteiger partial charge in [-0.25, -0.2) is 0 Å². The van der Waals surface area contributed by atoms with Crippen LogP contribution in [0.1, 0.15) is 43.7 Å². The zero-order valence-electron chi connectivity index (χ0n) is 18.2. The van der Waals surface area contributed by atoms with Gasteiger partial charge in [0, 0.05) is 19.1 Å². The van der Waals surface area contributed by atoms with E-state index in [1.165, 1.54) is 16.7 Å². The molecule has 0 aliphatic rings. The molecule has 0 aromatic heterocycles. The maximum absolute atomic E-state index is 10.5. The Morgan fingerprint density at radius 2 is 1.43 bits per heavy atom. The molecule has 2 atom stereocenters. The normalized spacial score (nSPS) is 13.7. The number of hydrogen-bond acceptors (Lipinski definition) is 3. The molecule has 1 N–H and O–H groups in total. The van der Waals surface area contributed by atoms with Crippen LogP contribution in [0.2, 0.25) is 0 Å². The van der Waals surface area contributed by atoms with Crippen LogP contribution in [-0.2, 0) is 22.7 Å². The van der Waals surface area contributed by atoms with E-state index in [0.29, 0.717) is 19.8 Å². The first-order valence-corrected chi connectivity index (χ1v) is 10.9. The molecule has 2 aromatic carbocycles. The molecular weight excluding hydrogens is 372 g/mol. The van der Waals surface area contributed by atoms with Crippen LogP contribution in [0.15, 0.2) is 85.0 Å². The lowest BCUT2D eigenvalue weighted by molar-refractivity contribution is 0.106. The third kappa shape index (κ3) is 10.0. The zero-order valence-corrected chi connectivity index (χ0v) is 18.2. The standard InChI is InChI=1S/C27H36O3/c1-3-26(17-11-19-30-22-25-15-8-5-9-16-25)27(28)20-23(2)12-10-18-29-21-24-13-6-4-7-14-24/h3-9,13-16,20,26-28H,1,10-12,17-19,21-22H2,2H3/b23-20+/t26-,27-/m1/s1. The Bertz CT molecular complexity index is 724. The first-order valence-electron chi connectivity index (χ1n) is 10.9. The van der Waals surface area contributed by atoms with Crippen LogP contribution in [-0.4, -0.2) is 24.4 Å². The second-order valence-corrected chi connectivity index (χ2v) is 7.73. The molecule has 0 heterocycles. The second kappa shape index (κ2) is 14.7. The highest BCUT2D eigenvalue weighted by molar-refractivity contribution is 5.14. The van der Waals surface area contributed by atoms with Gasteiger partial charge in [-0.05, 0) is 43.7 Å². The number of aliphatic hydroxyl groups excluding tert-OH is 1. The first kappa shape index (κ1) is 24.1. The lowest BCUT2D eigenvalue weighted by Gasteiger charge is -2.18. The third-order valence-electron chi connectivity index (χ3n) is 5.11. The van der Waals surface area contributed by atoms with Crippen LogP contribution in [0.25, 0.3) is 0 Å². The highest BCUT2D eigenvalue weighted by Gasteiger charge is 2.13. The van der Waals surface area contributed by atoms with Gasteiger partial charge in [0.2, 0.25) is 0 Å². The van der Waals surface area contributed by atoms with Crippen molar-refractivity contribution >= 4 is 0 Å². The Kier molecular flexibility index (Phi) is 11.8. The van der Waals surface area contributed by atoms with Crippen molar-refractivity contribution in [2.24, 2.45) is 5.92 Å². The summed E-state index contributed by atoms with van der Waals surface area (Å²) in [5.74, 6) is 0.0506. The van der Waals surface area contributed by atoms with E-state index >= 15 is 0 Å². The second-order valence-electron chi connectivity index (χ2n) is 7.73. The minimum absolute atomic E-state index is 0.0506. The van der Waals surface area contributed by atoms with E-state index in [1.807, 2.05) is 48.6 Å². The first-order chi connectivity index (χ1) is 14.7. The topological polar surface area (TPSA) is 38.7 Å². The molecule has 0 saturated heterocycles. The Morgan fingerprint density at radius 1 is 0.900 bits per heavy atom. The van der Waals surface area contributed by atoms with Crippen LogP contribution < -0.4 is 0 Å². The van der Waals surface area contributed by atoms with Crippen LogP contribution >= 0.6 is 0 Å². The summed E-state index contributed by atoms with van der Waals surface area (Å²) in [4.78, 5) is 0. The predicted octanol–water partition coefficient (Wildman–Crippen LogP) is 6.09. The summed E-state index contributed by atoms with van der Waals surface area (Å²) in [5.41, 5.74) is 3.57. The molecule has 0 fully saturated rings. The van der Waals surface area contributed by atoms with Gasteiger partial charge in [0.25, 0.3) is 0 Å². The SMILES string of the molecule is C=C[C@H](CCCOCc1ccccc1)[C@H](O)/C=C(\C)CCCOCc1ccccc1. The summed E-state index contributed by atoms with van der Waals surface area (Å²) in [6.07, 6.45) is 6.97. The lowest BCUT2D eigenvalue weighted by atomic mass is 9.95. The van der Waals surface area contributed by atoms with E-state index in [0.717, 1.165) is 32.3 Å². The van der Waals surface area contributed by atoms with Crippen LogP contribution in [0.5, 0.6) is 0 Å². The average Bonchev–Trinajstić information content (AvgIpc) is 2.77. The highest BCUT2D eigenvalue weighted by Crippen LogP contribution is 2.17. The van der Waals surface area contributed by atoms with Crippen molar-refractivity contribution in [3.05, 3.63) is 96.1 Å². The third-order valence-corrected chi connectivity index (χ3v) is 5.11. The molecule has 0 spiro atoms. The highest BCUT2D eigenvalue weighted by atomic mass is 16.5. The van der Waals surface area contributed by atoms with Crippen molar-refractivity contribution in [2.75, 3.05) is 13.2 Å². The number of benzene rings is 2. The minimum atomic E-state index is -0.498. The summed E-state index contributed by atoms with van der Waals surface area (Å²) in [7, 11) is 0. The Hall–Kier alpha value is -2.20. The van der Waals surface area contributed by atoms with E-state index in [9.17, 15) is 5.11 Å². The zero-order chi connectivity index (χ0) is 21.4. The van der Waals surface area contributed by atoms with Gasteiger partial charge < -0.3 is 14.6 Å². The average molecular weight is 409 g/mol. The van der Waals surface area contributed by atoms with Crippen LogP contribution in [0.3, 0.4) is 0 Å². The maximum atomic E-state index is 10.5. The van der Waals surface area contributed by atoms with Crippen LogP contribution in [0, 0.1) is 5.92 Å². The smallest absolute Gasteiger partial charge is 0.0785 e. The molecular formula is C27H36O3. The van der Waals surface area contributed by atoms with E-state index in [4.69, 9.17) is 9.47 Å². The van der Waals surface area contributed by atoms with E-state index in [1.54, 1.807) is 0 Å². The fourth-order valence-corrected chi connectivity index (χ4v) is 3.33. The lowest BCUT2D eigenvalue weighted by Crippen LogP contribution is -2.17. The van der Waals surface area contributed by atoms with Crippen molar-refractivity contribution in [2.45, 2.75) is 51.9 Å². The molecule has 2 rings (SSSR count). The monoisotopic (exact) mass is 408 g/mol. The number of rotatable bonds is 15. The largest absolute Gasteiger partial charge is 0.388 e. The molecule has 162 valence electrons. The molecule has 30 heavy (non-hydrogen) atoms. The number of allylic oxidation sites excluding steroid dienone is 1. The summed E-state index contributed by atoms with van der Waals surface area (Å²) < 4.78 is 11.5. The summed E-state index contributed by atoms with van der Waals surface area (Å²) in [5, 5.41) is 10.5. The molecule has 0 aliphatic heterocycles. The van der Waals surface area contributed by atoms with Gasteiger partial charge in [0.1, 0.15) is 0 Å². The van der Waals surface area contributed by atoms with Gasteiger partial charge in [0.05, 0.1) is 19.3 Å². The van der Waals surface area contributed by atoms with Gasteiger partial charge in [0.15, 0.2) is 0 Å². The van der Waals surface area contributed by atoms with Crippen molar-refractivity contribution in [1.82, 2.24) is 0 Å². The van der Waals surface area contributed by atoms with E-state index in [-0.39, 0.29) is 5.92 Å². The number of hydrogen-bond donors (Lipinski definition) is 1. The molecule has 3 nitrogen and oxygen atoms in total. The van der Waals surface area contributed by atoms with Gasteiger partial charge >= 0.3 is 0 Å². The Labute approximate surface area is 182 Å². The van der Waals surface area contributed by atoms with Crippen LogP contribution in [0.4, 0.5) is 0 Å². The minimum Gasteiger partial charge on any atom is -0.388 e. The maximum Gasteiger partial charge on any atom is 0.0785 e. The fraction of sp³-hybridized carbons (Fsp3) is 0.407. The van der Waals surface area contributed by atoms with Crippen molar-refractivity contribution in [1.29, 1.82) is 0 Å². The van der Waals surface area contributed by atoms with Crippen molar-refractivity contribution in [3.63, 3.8) is 0 Å². The molecule has 0 radical (unpaired) electrons. The summed E-state index contributed by atoms with van der Waals surface area (Å²) >= 11 is 0. The Balaban J connectivity index is 1.59. The molecule has 0 saturated carbocycles. The van der Waals surface area contributed by atoms with Gasteiger partial charge in [-0.2, -0.15) is 0 Å². The number of ether oxygens (including phenoxy) is 2. The van der Waals surface area contributed by atoms with Crippen molar-refractivity contribution in [3.8, 4) is 0 Å². The molecule has 0 unspecified atom stereocenters. The summed E-state index contributed by atoms with van der Waals surface area (Å²) in [6, 6.07) is 20.4. The molecule has 0 amide bonds. The van der Waals surface area contributed by atoms with E-state index < -0.39 is 6.10 Å². The fourth-order valence-electron chi connectivity index (χ4n) is 3.33. The van der Waals surface area contributed by atoms with Gasteiger partial charge in [-0.15, -0.1) is 6.58 Å². The molecule has 0 bridgehead atoms. The quantitative estimate of drug-likeness (QED) is 0.286. The summed E-state index contributed by atoms with van der Waals surface area (Å²) in [6.45, 7) is 8.67. The molecule has 0 aliphatic carbocycles. The van der Waals surface area contributed by atoms with Gasteiger partial charge in [-0.3, -0.25) is 0 Å².